The Labute approximate surface area is 236 Å². The molecule has 1 unspecified atom stereocenters. The van der Waals surface area contributed by atoms with Gasteiger partial charge in [-0.25, -0.2) is 0 Å². The highest BCUT2D eigenvalue weighted by Gasteiger charge is 2.38. The first kappa shape index (κ1) is 26.2. The molecule has 9 heteroatoms. The number of thioether (sulfide) groups is 1. The van der Waals surface area contributed by atoms with Crippen molar-refractivity contribution in [3.8, 4) is 5.75 Å². The molecule has 2 aliphatic rings. The summed E-state index contributed by atoms with van der Waals surface area (Å²) in [6, 6.07) is 27.6. The van der Waals surface area contributed by atoms with E-state index in [1.165, 1.54) is 11.6 Å². The maximum atomic E-state index is 13.6. The van der Waals surface area contributed by atoms with Crippen LogP contribution in [-0.4, -0.2) is 47.1 Å². The van der Waals surface area contributed by atoms with Crippen molar-refractivity contribution in [3.05, 3.63) is 129 Å². The van der Waals surface area contributed by atoms with Crippen LogP contribution in [0.4, 0.5) is 0 Å². The Morgan fingerprint density at radius 3 is 2.52 bits per heavy atom. The standard InChI is InChI=1S/C31H30N4O4S/c36-26-14-16-34-29(30(26)37)31(38)33(20-32-15-17-39-18-22-8-2-1-3-9-22)21-35(34)28-24-11-5-4-10-23(24)19-40-27-13-7-6-12-25(27)28/h1-14,16,28,32,37H,15,17-21H2. The van der Waals surface area contributed by atoms with E-state index in [4.69, 9.17) is 4.74 Å². The van der Waals surface area contributed by atoms with Crippen LogP contribution < -0.4 is 15.8 Å². The van der Waals surface area contributed by atoms with Gasteiger partial charge in [0.2, 0.25) is 5.43 Å². The van der Waals surface area contributed by atoms with Crippen LogP contribution in [0, 0.1) is 0 Å². The monoisotopic (exact) mass is 554 g/mol. The number of carbonyl (C=O) groups excluding carboxylic acids is 1. The normalized spacial score (nSPS) is 16.2. The van der Waals surface area contributed by atoms with E-state index in [1.54, 1.807) is 27.5 Å². The summed E-state index contributed by atoms with van der Waals surface area (Å²) in [7, 11) is 0. The van der Waals surface area contributed by atoms with Gasteiger partial charge in [-0.1, -0.05) is 72.8 Å². The maximum absolute atomic E-state index is 13.6. The van der Waals surface area contributed by atoms with Gasteiger partial charge in [0, 0.05) is 29.5 Å². The number of hydrogen-bond donors (Lipinski definition) is 2. The van der Waals surface area contributed by atoms with E-state index in [1.807, 2.05) is 59.6 Å². The van der Waals surface area contributed by atoms with Gasteiger partial charge in [-0.3, -0.25) is 24.6 Å². The van der Waals surface area contributed by atoms with Crippen molar-refractivity contribution in [2.75, 3.05) is 31.5 Å². The van der Waals surface area contributed by atoms with Crippen LogP contribution in [0.2, 0.25) is 0 Å². The first-order chi connectivity index (χ1) is 19.6. The summed E-state index contributed by atoms with van der Waals surface area (Å²) in [6.45, 7) is 2.02. The Morgan fingerprint density at radius 2 is 1.68 bits per heavy atom. The molecule has 1 atom stereocenters. The van der Waals surface area contributed by atoms with Gasteiger partial charge in [0.25, 0.3) is 5.91 Å². The number of benzene rings is 3. The lowest BCUT2D eigenvalue weighted by molar-refractivity contribution is 0.0649. The SMILES string of the molecule is O=C1c2c(O)c(=O)ccn2N(C2c3ccccc3CSc3ccccc32)CN1CNCCOCc1ccccc1. The van der Waals surface area contributed by atoms with E-state index in [0.717, 1.165) is 27.3 Å². The van der Waals surface area contributed by atoms with Gasteiger partial charge in [0.1, 0.15) is 6.67 Å². The fraction of sp³-hybridized carbons (Fsp3) is 0.226. The second-order valence-corrected chi connectivity index (χ2v) is 10.8. The summed E-state index contributed by atoms with van der Waals surface area (Å²) < 4.78 is 7.42. The first-order valence-corrected chi connectivity index (χ1v) is 14.2. The third kappa shape index (κ3) is 5.11. The van der Waals surface area contributed by atoms with Crippen molar-refractivity contribution in [2.24, 2.45) is 0 Å². The van der Waals surface area contributed by atoms with Gasteiger partial charge in [-0.2, -0.15) is 0 Å². The highest BCUT2D eigenvalue weighted by atomic mass is 32.2. The van der Waals surface area contributed by atoms with E-state index in [2.05, 4.69) is 29.6 Å². The molecule has 204 valence electrons. The molecule has 0 spiro atoms. The van der Waals surface area contributed by atoms with E-state index in [-0.39, 0.29) is 25.1 Å². The zero-order chi connectivity index (χ0) is 27.5. The number of carbonyl (C=O) groups is 1. The minimum atomic E-state index is -0.583. The summed E-state index contributed by atoms with van der Waals surface area (Å²) in [5.41, 5.74) is 3.93. The fourth-order valence-electron chi connectivity index (χ4n) is 5.25. The lowest BCUT2D eigenvalue weighted by Crippen LogP contribution is -2.57. The zero-order valence-electron chi connectivity index (χ0n) is 21.9. The van der Waals surface area contributed by atoms with Gasteiger partial charge in [0.05, 0.1) is 25.9 Å². The van der Waals surface area contributed by atoms with Crippen molar-refractivity contribution >= 4 is 17.7 Å². The summed E-state index contributed by atoms with van der Waals surface area (Å²) in [5.74, 6) is -0.126. The molecule has 0 aliphatic carbocycles. The van der Waals surface area contributed by atoms with Crippen LogP contribution in [0.3, 0.4) is 0 Å². The van der Waals surface area contributed by atoms with E-state index in [0.29, 0.717) is 19.8 Å². The number of nitrogens with zero attached hydrogens (tertiary/aromatic N) is 3. The van der Waals surface area contributed by atoms with Crippen LogP contribution in [0.15, 0.2) is 101 Å². The summed E-state index contributed by atoms with van der Waals surface area (Å²) >= 11 is 1.79. The zero-order valence-corrected chi connectivity index (χ0v) is 22.7. The molecule has 0 fully saturated rings. The average Bonchev–Trinajstić information content (AvgIpc) is 3.15. The predicted octanol–water partition coefficient (Wildman–Crippen LogP) is 4.06. The molecule has 6 rings (SSSR count). The molecule has 2 aliphatic heterocycles. The van der Waals surface area contributed by atoms with Gasteiger partial charge < -0.3 is 14.7 Å². The van der Waals surface area contributed by atoms with Crippen LogP contribution in [0.1, 0.15) is 38.8 Å². The van der Waals surface area contributed by atoms with Gasteiger partial charge in [-0.05, 0) is 28.3 Å². The molecule has 8 nitrogen and oxygen atoms in total. The van der Waals surface area contributed by atoms with Gasteiger partial charge in [-0.15, -0.1) is 11.8 Å². The van der Waals surface area contributed by atoms with Crippen LogP contribution >= 0.6 is 11.8 Å². The summed E-state index contributed by atoms with van der Waals surface area (Å²) in [4.78, 5) is 28.8. The molecule has 0 radical (unpaired) electrons. The number of pyridine rings is 1. The molecular weight excluding hydrogens is 524 g/mol. The lowest BCUT2D eigenvalue weighted by atomic mass is 9.94. The topological polar surface area (TPSA) is 87.0 Å². The molecule has 3 aromatic carbocycles. The molecule has 0 saturated heterocycles. The molecule has 0 saturated carbocycles. The molecular formula is C31H30N4O4S. The van der Waals surface area contributed by atoms with Crippen molar-refractivity contribution in [2.45, 2.75) is 23.3 Å². The molecule has 1 aromatic heterocycles. The van der Waals surface area contributed by atoms with Crippen molar-refractivity contribution < 1.29 is 14.6 Å². The van der Waals surface area contributed by atoms with Gasteiger partial charge >= 0.3 is 0 Å². The van der Waals surface area contributed by atoms with E-state index < -0.39 is 17.1 Å². The Kier molecular flexibility index (Phi) is 7.59. The fourth-order valence-corrected chi connectivity index (χ4v) is 6.35. The van der Waals surface area contributed by atoms with Gasteiger partial charge in [0.15, 0.2) is 11.4 Å². The van der Waals surface area contributed by atoms with Crippen LogP contribution in [0.5, 0.6) is 5.75 Å². The van der Waals surface area contributed by atoms with Crippen molar-refractivity contribution in [1.29, 1.82) is 0 Å². The van der Waals surface area contributed by atoms with Crippen LogP contribution in [-0.2, 0) is 17.1 Å². The highest BCUT2D eigenvalue weighted by Crippen LogP contribution is 2.42. The number of aromatic hydroxyl groups is 1. The number of ether oxygens (including phenoxy) is 1. The minimum Gasteiger partial charge on any atom is -0.502 e. The molecule has 40 heavy (non-hydrogen) atoms. The molecule has 1 amide bonds. The van der Waals surface area contributed by atoms with E-state index in [9.17, 15) is 14.7 Å². The first-order valence-electron chi connectivity index (χ1n) is 13.2. The number of nitrogens with one attached hydrogen (secondary N) is 1. The predicted molar refractivity (Wildman–Crippen MR) is 155 cm³/mol. The maximum Gasteiger partial charge on any atom is 0.278 e. The Bertz CT molecular complexity index is 1530. The van der Waals surface area contributed by atoms with Crippen LogP contribution in [0.25, 0.3) is 0 Å². The number of rotatable bonds is 8. The molecule has 2 N–H and O–H groups in total. The van der Waals surface area contributed by atoms with E-state index >= 15 is 0 Å². The molecule has 0 bridgehead atoms. The number of hydrogen-bond acceptors (Lipinski definition) is 7. The second kappa shape index (κ2) is 11.6. The Hall–Kier alpha value is -4.05. The number of fused-ring (bicyclic) bond motifs is 3. The summed E-state index contributed by atoms with van der Waals surface area (Å²) in [5, 5.41) is 16.1. The van der Waals surface area contributed by atoms with Crippen molar-refractivity contribution in [3.63, 3.8) is 0 Å². The number of amides is 1. The number of aromatic nitrogens is 1. The summed E-state index contributed by atoms with van der Waals surface area (Å²) in [6.07, 6.45) is 1.58. The lowest BCUT2D eigenvalue weighted by Gasteiger charge is -2.44. The Morgan fingerprint density at radius 1 is 0.925 bits per heavy atom. The smallest absolute Gasteiger partial charge is 0.278 e. The van der Waals surface area contributed by atoms with Crippen molar-refractivity contribution in [1.82, 2.24) is 14.9 Å². The third-order valence-corrected chi connectivity index (χ3v) is 8.36. The minimum absolute atomic E-state index is 0.0345. The average molecular weight is 555 g/mol. The largest absolute Gasteiger partial charge is 0.502 e. The third-order valence-electron chi connectivity index (χ3n) is 7.22. The second-order valence-electron chi connectivity index (χ2n) is 9.77. The molecule has 3 heterocycles. The highest BCUT2D eigenvalue weighted by molar-refractivity contribution is 7.98. The molecule has 4 aromatic rings. The quantitative estimate of drug-likeness (QED) is 0.318. The Balaban J connectivity index is 1.29.